The molecule has 0 spiro atoms. The Bertz CT molecular complexity index is 2090. The summed E-state index contributed by atoms with van der Waals surface area (Å²) in [6, 6.07) is 36.7. The summed E-state index contributed by atoms with van der Waals surface area (Å²) >= 11 is 0. The summed E-state index contributed by atoms with van der Waals surface area (Å²) in [4.78, 5) is 27.1. The zero-order valence-corrected chi connectivity index (χ0v) is 42.9. The molecule has 7 atom stereocenters. The van der Waals surface area contributed by atoms with Crippen molar-refractivity contribution < 1.29 is 43.1 Å². The molecule has 0 saturated carbocycles. The molecule has 4 aromatic rings. The smallest absolute Gasteiger partial charge is 0.342 e. The summed E-state index contributed by atoms with van der Waals surface area (Å²) in [5.41, 5.74) is 3.77. The SMILES string of the molecule is C[C@@H](CC[C@@H]1CCC[C@H](CCCc2cccc(OCc3ccccc3)c2C(=O)OCC[Si](C)(C)C)O1)[C@H](O)C[C@H](C[C@@H]1CCC[C@H](C(C)(C)C(=O)OCc2ccccc2)O1)OCc1ccccc1. The topological polar surface area (TPSA) is 110 Å². The lowest BCUT2D eigenvalue weighted by atomic mass is 9.81. The summed E-state index contributed by atoms with van der Waals surface area (Å²) in [5, 5.41) is 11.7. The van der Waals surface area contributed by atoms with Gasteiger partial charge in [0.2, 0.25) is 0 Å². The van der Waals surface area contributed by atoms with Crippen LogP contribution in [0.5, 0.6) is 5.75 Å². The minimum absolute atomic E-state index is 0.0560. The van der Waals surface area contributed by atoms with Gasteiger partial charge in [0.1, 0.15) is 24.5 Å². The third kappa shape index (κ3) is 17.3. The predicted octanol–water partition coefficient (Wildman–Crippen LogP) is 12.9. The van der Waals surface area contributed by atoms with Crippen LogP contribution in [0, 0.1) is 11.3 Å². The Kier molecular flexibility index (Phi) is 20.7. The number of aliphatic hydroxyl groups is 1. The van der Waals surface area contributed by atoms with Crippen LogP contribution in [0.15, 0.2) is 109 Å². The summed E-state index contributed by atoms with van der Waals surface area (Å²) in [6.07, 6.45) is 10.3. The van der Waals surface area contributed by atoms with Gasteiger partial charge < -0.3 is 33.5 Å². The van der Waals surface area contributed by atoms with Gasteiger partial charge in [-0.25, -0.2) is 4.79 Å². The minimum atomic E-state index is -1.38. The lowest BCUT2D eigenvalue weighted by Crippen LogP contribution is -2.45. The van der Waals surface area contributed by atoms with Gasteiger partial charge in [-0.1, -0.05) is 130 Å². The summed E-state index contributed by atoms with van der Waals surface area (Å²) in [7, 11) is -1.38. The van der Waals surface area contributed by atoms with E-state index in [0.29, 0.717) is 44.0 Å². The predicted molar refractivity (Wildman–Crippen MR) is 272 cm³/mol. The van der Waals surface area contributed by atoms with Gasteiger partial charge in [-0.05, 0) is 138 Å². The van der Waals surface area contributed by atoms with Crippen LogP contribution in [0.1, 0.15) is 130 Å². The second-order valence-electron chi connectivity index (χ2n) is 21.2. The highest BCUT2D eigenvalue weighted by atomic mass is 28.3. The van der Waals surface area contributed by atoms with Crippen molar-refractivity contribution in [1.29, 1.82) is 0 Å². The number of ether oxygens (including phenoxy) is 6. The third-order valence-electron chi connectivity index (χ3n) is 13.9. The molecule has 2 aliphatic heterocycles. The molecule has 10 heteroatoms. The molecular weight excluding hydrogens is 869 g/mol. The second kappa shape index (κ2) is 26.6. The van der Waals surface area contributed by atoms with Gasteiger partial charge in [0.25, 0.3) is 0 Å². The largest absolute Gasteiger partial charge is 0.488 e. The molecule has 9 nitrogen and oxygen atoms in total. The maximum Gasteiger partial charge on any atom is 0.342 e. The number of hydrogen-bond donors (Lipinski definition) is 1. The van der Waals surface area contributed by atoms with E-state index in [1.54, 1.807) is 0 Å². The van der Waals surface area contributed by atoms with Gasteiger partial charge in [-0.15, -0.1) is 0 Å². The van der Waals surface area contributed by atoms with Crippen LogP contribution in [-0.2, 0) is 54.7 Å². The second-order valence-corrected chi connectivity index (χ2v) is 26.8. The normalized spacial score (nSPS) is 20.2. The number of hydrogen-bond acceptors (Lipinski definition) is 9. The molecule has 4 aromatic carbocycles. The number of aryl methyl sites for hydroxylation is 1. The van der Waals surface area contributed by atoms with E-state index in [-0.39, 0.29) is 55.0 Å². The van der Waals surface area contributed by atoms with E-state index in [1.807, 2.05) is 111 Å². The summed E-state index contributed by atoms with van der Waals surface area (Å²) < 4.78 is 37.9. The van der Waals surface area contributed by atoms with Crippen molar-refractivity contribution in [2.24, 2.45) is 11.3 Å². The molecule has 2 aliphatic rings. The van der Waals surface area contributed by atoms with E-state index < -0.39 is 19.6 Å². The Morgan fingerprint density at radius 1 is 0.721 bits per heavy atom. The van der Waals surface area contributed by atoms with Gasteiger partial charge in [0, 0.05) is 8.07 Å². The highest BCUT2D eigenvalue weighted by Gasteiger charge is 2.42. The minimum Gasteiger partial charge on any atom is -0.488 e. The van der Waals surface area contributed by atoms with E-state index >= 15 is 0 Å². The maximum absolute atomic E-state index is 13.7. The van der Waals surface area contributed by atoms with Crippen molar-refractivity contribution in [3.05, 3.63) is 137 Å². The summed E-state index contributed by atoms with van der Waals surface area (Å²) in [6.45, 7) is 14.3. The van der Waals surface area contributed by atoms with Crippen LogP contribution in [-0.4, -0.2) is 68.3 Å². The highest BCUT2D eigenvalue weighted by molar-refractivity contribution is 6.76. The molecule has 0 bridgehead atoms. The number of aliphatic hydroxyl groups excluding tert-OH is 1. The number of carbonyl (C=O) groups excluding carboxylic acids is 2. The molecule has 6 rings (SSSR count). The molecule has 0 amide bonds. The first-order valence-electron chi connectivity index (χ1n) is 25.5. The van der Waals surface area contributed by atoms with Crippen LogP contribution in [0.2, 0.25) is 25.7 Å². The highest BCUT2D eigenvalue weighted by Crippen LogP contribution is 2.37. The quantitative estimate of drug-likeness (QED) is 0.0486. The van der Waals surface area contributed by atoms with Crippen LogP contribution in [0.25, 0.3) is 0 Å². The molecule has 2 heterocycles. The van der Waals surface area contributed by atoms with Crippen LogP contribution in [0.4, 0.5) is 0 Å². The van der Waals surface area contributed by atoms with Crippen molar-refractivity contribution >= 4 is 20.0 Å². The van der Waals surface area contributed by atoms with Crippen molar-refractivity contribution in [3.8, 4) is 5.75 Å². The lowest BCUT2D eigenvalue weighted by molar-refractivity contribution is -0.175. The molecule has 68 heavy (non-hydrogen) atoms. The number of rotatable bonds is 26. The molecule has 0 unspecified atom stereocenters. The molecule has 0 aliphatic carbocycles. The number of esters is 2. The van der Waals surface area contributed by atoms with Crippen LogP contribution in [0.3, 0.4) is 0 Å². The molecule has 2 saturated heterocycles. The average molecular weight is 949 g/mol. The molecule has 2 fully saturated rings. The Labute approximate surface area is 408 Å². The van der Waals surface area contributed by atoms with Gasteiger partial charge in [-0.3, -0.25) is 4.79 Å². The van der Waals surface area contributed by atoms with Crippen LogP contribution >= 0.6 is 0 Å². The maximum atomic E-state index is 13.7. The van der Waals surface area contributed by atoms with Gasteiger partial charge in [0.05, 0.1) is 55.3 Å². The van der Waals surface area contributed by atoms with E-state index in [0.717, 1.165) is 98.9 Å². The monoisotopic (exact) mass is 949 g/mol. The molecule has 370 valence electrons. The zero-order valence-electron chi connectivity index (χ0n) is 41.9. The lowest BCUT2D eigenvalue weighted by Gasteiger charge is -2.39. The molecule has 0 aromatic heterocycles. The first-order valence-corrected chi connectivity index (χ1v) is 29.3. The number of benzene rings is 4. The van der Waals surface area contributed by atoms with Crippen molar-refractivity contribution in [2.45, 2.75) is 186 Å². The Morgan fingerprint density at radius 3 is 1.99 bits per heavy atom. The fourth-order valence-corrected chi connectivity index (χ4v) is 10.1. The fraction of sp³-hybridized carbons (Fsp3) is 0.552. The Hall–Kier alpha value is -4.32. The molecule has 0 radical (unpaired) electrons. The van der Waals surface area contributed by atoms with E-state index in [9.17, 15) is 14.7 Å². The molecular formula is C58H80O9Si. The van der Waals surface area contributed by atoms with Crippen LogP contribution < -0.4 is 4.74 Å². The van der Waals surface area contributed by atoms with E-state index in [2.05, 4.69) is 38.7 Å². The molecule has 1 N–H and O–H groups in total. The Balaban J connectivity index is 0.994. The summed E-state index contributed by atoms with van der Waals surface area (Å²) in [5.74, 6) is 0.0573. The Morgan fingerprint density at radius 2 is 1.32 bits per heavy atom. The first-order chi connectivity index (χ1) is 32.7. The zero-order chi connectivity index (χ0) is 48.4. The van der Waals surface area contributed by atoms with Crippen molar-refractivity contribution in [1.82, 2.24) is 0 Å². The van der Waals surface area contributed by atoms with Gasteiger partial charge in [-0.2, -0.15) is 0 Å². The van der Waals surface area contributed by atoms with E-state index in [1.165, 1.54) is 0 Å². The first kappa shape index (κ1) is 53.0. The standard InChI is InChI=1S/C58H80O9Si/c1-43(52(59)39-51(63-40-44-20-10-7-11-21-44)38-50-31-19-33-54(67-50)58(2,3)57(61)65-42-46-24-14-9-15-25-46)34-35-49-30-18-29-48(66-49)28-16-26-47-27-17-32-53(64-41-45-22-12-8-13-23-45)55(47)56(60)62-36-37-68(4,5)6/h7-15,17,20-25,27,32,43,48-52,54,59H,16,18-19,26,28-31,33-42H2,1-6H3/t43-,48-,49-,50-,51-,52+,54+/m0/s1. The van der Waals surface area contributed by atoms with Crippen molar-refractivity contribution in [2.75, 3.05) is 6.61 Å². The van der Waals surface area contributed by atoms with Crippen molar-refractivity contribution in [3.63, 3.8) is 0 Å². The number of carbonyl (C=O) groups is 2. The fourth-order valence-electron chi connectivity index (χ4n) is 9.42. The van der Waals surface area contributed by atoms with Gasteiger partial charge >= 0.3 is 11.9 Å². The van der Waals surface area contributed by atoms with E-state index in [4.69, 9.17) is 28.4 Å². The van der Waals surface area contributed by atoms with Gasteiger partial charge in [0.15, 0.2) is 0 Å². The average Bonchev–Trinajstić information content (AvgIpc) is 3.34. The third-order valence-corrected chi connectivity index (χ3v) is 15.6.